The summed E-state index contributed by atoms with van der Waals surface area (Å²) >= 11 is 0. The minimum atomic E-state index is -0.908. The van der Waals surface area contributed by atoms with Gasteiger partial charge in [-0.1, -0.05) is 5.11 Å². The molecule has 17 heavy (non-hydrogen) atoms. The van der Waals surface area contributed by atoms with Crippen LogP contribution in [0.25, 0.3) is 10.4 Å². The summed E-state index contributed by atoms with van der Waals surface area (Å²) in [6.07, 6.45) is 1.47. The number of H-pyrrole nitrogens is 1. The molecule has 0 aromatic carbocycles. The minimum absolute atomic E-state index is 0.463. The quantitative estimate of drug-likeness (QED) is 0.424. The molecule has 1 aliphatic carbocycles. The highest BCUT2D eigenvalue weighted by Crippen LogP contribution is 2.31. The number of azide groups is 1. The van der Waals surface area contributed by atoms with Gasteiger partial charge in [0.15, 0.2) is 0 Å². The Morgan fingerprint density at radius 1 is 1.53 bits per heavy atom. The van der Waals surface area contributed by atoms with Crippen LogP contribution in [-0.2, 0) is 0 Å². The number of hydrogen-bond acceptors (Lipinski definition) is 4. The van der Waals surface area contributed by atoms with Crippen molar-refractivity contribution in [1.29, 1.82) is 0 Å². The van der Waals surface area contributed by atoms with Gasteiger partial charge in [0.1, 0.15) is 0 Å². The zero-order valence-corrected chi connectivity index (χ0v) is 8.85. The molecular weight excluding hydrogens is 226 g/mol. The molecule has 0 saturated heterocycles. The van der Waals surface area contributed by atoms with Crippen LogP contribution < -0.4 is 11.2 Å². The molecule has 1 aromatic heterocycles. The Balaban J connectivity index is 2.33. The van der Waals surface area contributed by atoms with Crippen molar-refractivity contribution < 1.29 is 5.11 Å². The molecule has 0 unspecified atom stereocenters. The van der Waals surface area contributed by atoms with Crippen molar-refractivity contribution in [3.63, 3.8) is 0 Å². The van der Waals surface area contributed by atoms with Crippen molar-refractivity contribution in [2.24, 2.45) is 5.11 Å². The largest absolute Gasteiger partial charge is 0.391 e. The second kappa shape index (κ2) is 4.44. The first-order chi connectivity index (χ1) is 8.13. The highest BCUT2D eigenvalue weighted by molar-refractivity contribution is 4.96. The normalized spacial score (nSPS) is 27.7. The molecule has 0 aliphatic heterocycles. The van der Waals surface area contributed by atoms with Crippen molar-refractivity contribution in [2.75, 3.05) is 0 Å². The number of rotatable bonds is 2. The zero-order valence-electron chi connectivity index (χ0n) is 8.85. The highest BCUT2D eigenvalue weighted by atomic mass is 16.3. The summed E-state index contributed by atoms with van der Waals surface area (Å²) in [6, 6.07) is 0.230. The Morgan fingerprint density at radius 3 is 2.94 bits per heavy atom. The number of nitrogens with one attached hydrogen (secondary N) is 1. The lowest BCUT2D eigenvalue weighted by molar-refractivity contribution is 0.120. The molecule has 0 amide bonds. The fourth-order valence-corrected chi connectivity index (χ4v) is 2.12. The lowest BCUT2D eigenvalue weighted by atomic mass is 10.2. The van der Waals surface area contributed by atoms with Gasteiger partial charge < -0.3 is 5.11 Å². The van der Waals surface area contributed by atoms with Crippen LogP contribution >= 0.6 is 0 Å². The van der Waals surface area contributed by atoms with Gasteiger partial charge in [0, 0.05) is 17.2 Å². The molecule has 1 heterocycles. The van der Waals surface area contributed by atoms with E-state index < -0.39 is 29.4 Å². The summed E-state index contributed by atoms with van der Waals surface area (Å²) < 4.78 is 1.26. The van der Waals surface area contributed by atoms with Crippen molar-refractivity contribution in [2.45, 2.75) is 31.0 Å². The van der Waals surface area contributed by atoms with E-state index in [1.165, 1.54) is 16.8 Å². The Labute approximate surface area is 95.2 Å². The van der Waals surface area contributed by atoms with Gasteiger partial charge in [0.2, 0.25) is 0 Å². The summed E-state index contributed by atoms with van der Waals surface area (Å²) in [5.41, 5.74) is 7.28. The first-order valence-corrected chi connectivity index (χ1v) is 5.17. The standard InChI is InChI=1S/C9H11N5O3/c10-13-12-5-1-2-6(8(5)16)14-4-3-7(15)11-9(14)17/h3-6,8,16H,1-2H2,(H,11,15,17)/t5-,6+,8+/m0/s1. The topological polar surface area (TPSA) is 124 Å². The molecule has 1 aliphatic rings. The maximum absolute atomic E-state index is 11.5. The summed E-state index contributed by atoms with van der Waals surface area (Å²) in [5, 5.41) is 13.4. The monoisotopic (exact) mass is 237 g/mol. The van der Waals surface area contributed by atoms with Crippen LogP contribution in [0.1, 0.15) is 18.9 Å². The van der Waals surface area contributed by atoms with Gasteiger partial charge in [0.05, 0.1) is 18.2 Å². The van der Waals surface area contributed by atoms with Crippen LogP contribution in [-0.4, -0.2) is 26.8 Å². The molecule has 1 aromatic rings. The van der Waals surface area contributed by atoms with E-state index in [1.807, 2.05) is 0 Å². The number of aliphatic hydroxyl groups is 1. The van der Waals surface area contributed by atoms with Crippen LogP contribution in [0, 0.1) is 0 Å². The second-order valence-corrected chi connectivity index (χ2v) is 3.92. The van der Waals surface area contributed by atoms with Crippen LogP contribution in [0.3, 0.4) is 0 Å². The van der Waals surface area contributed by atoms with E-state index in [-0.39, 0.29) is 0 Å². The average Bonchev–Trinajstić information content (AvgIpc) is 2.62. The Bertz CT molecular complexity index is 570. The number of aromatic nitrogens is 2. The highest BCUT2D eigenvalue weighted by Gasteiger charge is 2.35. The molecule has 8 heteroatoms. The van der Waals surface area contributed by atoms with Gasteiger partial charge in [-0.05, 0) is 18.4 Å². The maximum atomic E-state index is 11.5. The van der Waals surface area contributed by atoms with Crippen molar-refractivity contribution in [3.8, 4) is 0 Å². The molecule has 90 valence electrons. The third-order valence-electron chi connectivity index (χ3n) is 2.96. The number of nitrogens with zero attached hydrogens (tertiary/aromatic N) is 4. The summed E-state index contributed by atoms with van der Waals surface area (Å²) in [5.74, 6) is 0. The maximum Gasteiger partial charge on any atom is 0.328 e. The number of aromatic amines is 1. The minimum Gasteiger partial charge on any atom is -0.391 e. The van der Waals surface area contributed by atoms with Crippen LogP contribution in [0.5, 0.6) is 0 Å². The predicted molar refractivity (Wildman–Crippen MR) is 58.5 cm³/mol. The number of aliphatic hydroxyl groups excluding tert-OH is 1. The van der Waals surface area contributed by atoms with Crippen LogP contribution in [0.4, 0.5) is 0 Å². The SMILES string of the molecule is [N-]=[N+]=N[C@H]1CC[C@@H](n2ccc(=O)[nH]c2=O)[C@@H]1O. The molecule has 1 saturated carbocycles. The van der Waals surface area contributed by atoms with E-state index in [1.54, 1.807) is 0 Å². The van der Waals surface area contributed by atoms with E-state index in [2.05, 4.69) is 15.0 Å². The third-order valence-corrected chi connectivity index (χ3v) is 2.96. The zero-order chi connectivity index (χ0) is 12.4. The van der Waals surface area contributed by atoms with E-state index in [0.717, 1.165) is 0 Å². The molecule has 2 rings (SSSR count). The predicted octanol–water partition coefficient (Wildman–Crippen LogP) is -0.0887. The van der Waals surface area contributed by atoms with Gasteiger partial charge >= 0.3 is 5.69 Å². The molecular formula is C9H11N5O3. The van der Waals surface area contributed by atoms with Gasteiger partial charge in [-0.15, -0.1) is 0 Å². The van der Waals surface area contributed by atoms with Crippen LogP contribution in [0.15, 0.2) is 27.0 Å². The summed E-state index contributed by atoms with van der Waals surface area (Å²) in [6.45, 7) is 0. The van der Waals surface area contributed by atoms with Crippen molar-refractivity contribution in [3.05, 3.63) is 43.5 Å². The van der Waals surface area contributed by atoms with Crippen molar-refractivity contribution >= 4 is 0 Å². The first kappa shape index (κ1) is 11.4. The fourth-order valence-electron chi connectivity index (χ4n) is 2.12. The fraction of sp³-hybridized carbons (Fsp3) is 0.556. The Morgan fingerprint density at radius 2 is 2.29 bits per heavy atom. The third kappa shape index (κ3) is 2.08. The Kier molecular flexibility index (Phi) is 2.99. The first-order valence-electron chi connectivity index (χ1n) is 5.17. The molecule has 2 N–H and O–H groups in total. The number of hydrogen-bond donors (Lipinski definition) is 2. The molecule has 0 spiro atoms. The lowest BCUT2D eigenvalue weighted by Crippen LogP contribution is -2.36. The van der Waals surface area contributed by atoms with E-state index >= 15 is 0 Å². The summed E-state index contributed by atoms with van der Waals surface area (Å²) in [4.78, 5) is 27.2. The van der Waals surface area contributed by atoms with E-state index in [4.69, 9.17) is 5.53 Å². The molecule has 3 atom stereocenters. The molecule has 0 radical (unpaired) electrons. The van der Waals surface area contributed by atoms with Crippen LogP contribution in [0.2, 0.25) is 0 Å². The molecule has 1 fully saturated rings. The van der Waals surface area contributed by atoms with E-state index in [9.17, 15) is 14.7 Å². The smallest absolute Gasteiger partial charge is 0.328 e. The molecule has 0 bridgehead atoms. The van der Waals surface area contributed by atoms with Gasteiger partial charge in [0.25, 0.3) is 5.56 Å². The van der Waals surface area contributed by atoms with Gasteiger partial charge in [-0.25, -0.2) is 4.79 Å². The van der Waals surface area contributed by atoms with Crippen molar-refractivity contribution in [1.82, 2.24) is 9.55 Å². The lowest BCUT2D eigenvalue weighted by Gasteiger charge is -2.18. The molecule has 8 nitrogen and oxygen atoms in total. The van der Waals surface area contributed by atoms with E-state index in [0.29, 0.717) is 12.8 Å². The second-order valence-electron chi connectivity index (χ2n) is 3.92. The van der Waals surface area contributed by atoms with Gasteiger partial charge in [-0.3, -0.25) is 14.3 Å². The summed E-state index contributed by atoms with van der Waals surface area (Å²) in [7, 11) is 0. The average molecular weight is 237 g/mol. The van der Waals surface area contributed by atoms with Gasteiger partial charge in [-0.2, -0.15) is 0 Å². The Hall–Kier alpha value is -2.05.